The van der Waals surface area contributed by atoms with Gasteiger partial charge in [0.15, 0.2) is 9.84 Å². The number of nitrogens with zero attached hydrogens (tertiary/aromatic N) is 4. The number of fused-ring (bicyclic) bond motifs is 1. The van der Waals surface area contributed by atoms with E-state index in [1.807, 2.05) is 13.0 Å². The maximum atomic E-state index is 15.0. The molecule has 2 saturated carbocycles. The highest BCUT2D eigenvalue weighted by Crippen LogP contribution is 2.42. The van der Waals surface area contributed by atoms with E-state index in [4.69, 9.17) is 5.73 Å². The van der Waals surface area contributed by atoms with Crippen LogP contribution in [0.1, 0.15) is 67.0 Å². The van der Waals surface area contributed by atoms with E-state index in [0.717, 1.165) is 24.0 Å². The van der Waals surface area contributed by atoms with E-state index in [2.05, 4.69) is 15.1 Å². The third kappa shape index (κ3) is 4.96. The zero-order valence-corrected chi connectivity index (χ0v) is 22.7. The molecule has 1 aromatic carbocycles. The number of imidazole rings is 1. The average molecular weight is 552 g/mol. The Morgan fingerprint density at radius 1 is 1.05 bits per heavy atom. The van der Waals surface area contributed by atoms with Crippen molar-refractivity contribution in [3.05, 3.63) is 83.1 Å². The summed E-state index contributed by atoms with van der Waals surface area (Å²) < 4.78 is 56.3. The maximum Gasteiger partial charge on any atom is 0.152 e. The van der Waals surface area contributed by atoms with E-state index in [0.29, 0.717) is 36.2 Å². The van der Waals surface area contributed by atoms with Gasteiger partial charge in [-0.2, -0.15) is 5.10 Å². The quantitative estimate of drug-likeness (QED) is 0.370. The largest absolute Gasteiger partial charge is 0.326 e. The molecule has 7 nitrogen and oxygen atoms in total. The van der Waals surface area contributed by atoms with Crippen LogP contribution in [-0.4, -0.2) is 45.5 Å². The number of hydrogen-bond acceptors (Lipinski definition) is 6. The van der Waals surface area contributed by atoms with Gasteiger partial charge in [-0.3, -0.25) is 4.98 Å². The first-order valence-corrected chi connectivity index (χ1v) is 15.3. The minimum Gasteiger partial charge on any atom is -0.326 e. The van der Waals surface area contributed by atoms with Crippen molar-refractivity contribution in [1.82, 2.24) is 19.6 Å². The van der Waals surface area contributed by atoms with E-state index in [9.17, 15) is 8.42 Å². The van der Waals surface area contributed by atoms with Gasteiger partial charge < -0.3 is 5.73 Å². The van der Waals surface area contributed by atoms with Crippen LogP contribution in [0.25, 0.3) is 16.8 Å². The first-order valence-electron chi connectivity index (χ1n) is 13.3. The van der Waals surface area contributed by atoms with Crippen molar-refractivity contribution in [3.8, 4) is 11.3 Å². The summed E-state index contributed by atoms with van der Waals surface area (Å²) >= 11 is 0. The van der Waals surface area contributed by atoms with Crippen LogP contribution in [0.2, 0.25) is 0 Å². The van der Waals surface area contributed by atoms with E-state index in [1.54, 1.807) is 35.2 Å². The number of sulfone groups is 1. The molecule has 3 aromatic heterocycles. The molecular weight excluding hydrogens is 520 g/mol. The topological polar surface area (TPSA) is 103 Å². The van der Waals surface area contributed by atoms with Crippen molar-refractivity contribution in [3.63, 3.8) is 0 Å². The number of benzene rings is 1. The molecule has 39 heavy (non-hydrogen) atoms. The summed E-state index contributed by atoms with van der Waals surface area (Å²) in [5, 5.41) is 4.03. The monoisotopic (exact) mass is 551 g/mol. The Hall–Kier alpha value is -3.24. The molecule has 0 aliphatic heterocycles. The zero-order chi connectivity index (χ0) is 27.5. The summed E-state index contributed by atoms with van der Waals surface area (Å²) in [6.45, 7) is 1.95. The van der Waals surface area contributed by atoms with Crippen molar-refractivity contribution in [2.75, 3.05) is 6.26 Å². The molecule has 2 N–H and O–H groups in total. The van der Waals surface area contributed by atoms with Gasteiger partial charge in [-0.05, 0) is 90.5 Å². The molecule has 2 aliphatic rings. The highest BCUT2D eigenvalue weighted by atomic mass is 32.2. The second-order valence-corrected chi connectivity index (χ2v) is 13.4. The van der Waals surface area contributed by atoms with Crippen molar-refractivity contribution < 1.29 is 17.2 Å². The fourth-order valence-electron chi connectivity index (χ4n) is 6.39. The van der Waals surface area contributed by atoms with Crippen LogP contribution >= 0.6 is 0 Å². The minimum atomic E-state index is -3.25. The fourth-order valence-corrected chi connectivity index (χ4v) is 8.09. The summed E-state index contributed by atoms with van der Waals surface area (Å²) in [5.74, 6) is -0.383. The second-order valence-electron chi connectivity index (χ2n) is 11.2. The number of rotatable bonds is 6. The zero-order valence-electron chi connectivity index (χ0n) is 21.9. The molecule has 10 heteroatoms. The van der Waals surface area contributed by atoms with Crippen LogP contribution in [0, 0.1) is 17.6 Å². The second kappa shape index (κ2) is 9.75. The summed E-state index contributed by atoms with van der Waals surface area (Å²) in [7, 11) is -3.25. The van der Waals surface area contributed by atoms with Gasteiger partial charge in [0, 0.05) is 31.1 Å². The van der Waals surface area contributed by atoms with Crippen LogP contribution in [0.4, 0.5) is 8.78 Å². The number of halogens is 2. The Morgan fingerprint density at radius 3 is 2.46 bits per heavy atom. The molecule has 0 radical (unpaired) electrons. The van der Waals surface area contributed by atoms with Gasteiger partial charge in [-0.25, -0.2) is 26.7 Å². The van der Waals surface area contributed by atoms with E-state index >= 15 is 8.78 Å². The predicted molar refractivity (Wildman–Crippen MR) is 145 cm³/mol. The van der Waals surface area contributed by atoms with Gasteiger partial charge in [-0.15, -0.1) is 0 Å². The Labute approximate surface area is 226 Å². The van der Waals surface area contributed by atoms with E-state index in [-0.39, 0.29) is 29.0 Å². The van der Waals surface area contributed by atoms with E-state index in [1.165, 1.54) is 18.4 Å². The molecule has 204 valence electrons. The molecule has 2 aliphatic carbocycles. The summed E-state index contributed by atoms with van der Waals surface area (Å²) in [4.78, 5) is 8.88. The molecule has 3 heterocycles. The molecular formula is C29H31F2N5O2S. The Morgan fingerprint density at radius 2 is 1.79 bits per heavy atom. The minimum absolute atomic E-state index is 0.0777. The van der Waals surface area contributed by atoms with Gasteiger partial charge in [-0.1, -0.05) is 6.92 Å². The van der Waals surface area contributed by atoms with Gasteiger partial charge in [0.05, 0.1) is 28.2 Å². The van der Waals surface area contributed by atoms with Crippen LogP contribution in [0.5, 0.6) is 0 Å². The smallest absolute Gasteiger partial charge is 0.152 e. The standard InChI is InChI=1S/C29H31F2N5O2S/c1-16-9-19(12-25(32)29(16)39(2,37)38)22-7-8-33-14-20(22)13-27-34-15-21-5-6-26(35-36(21)27)28-23(30)10-18(11-24(28)31)17-3-4-17/h5-8,10-11,14-17,19,25,29H,3-4,9,12-13,32H2,1-2H3/t16-,19+,25+,29-/m0/s1. The van der Waals surface area contributed by atoms with Gasteiger partial charge in [0.1, 0.15) is 17.5 Å². The number of hydrogen-bond donors (Lipinski definition) is 1. The first-order chi connectivity index (χ1) is 18.6. The third-order valence-corrected chi connectivity index (χ3v) is 10.0. The maximum absolute atomic E-state index is 15.0. The van der Waals surface area contributed by atoms with Crippen molar-refractivity contribution >= 4 is 15.4 Å². The molecule has 2 fully saturated rings. The molecule has 0 bridgehead atoms. The fraction of sp³-hybridized carbons (Fsp3) is 0.414. The lowest BCUT2D eigenvalue weighted by Gasteiger charge is -2.38. The van der Waals surface area contributed by atoms with Gasteiger partial charge in [0.25, 0.3) is 0 Å². The summed E-state index contributed by atoms with van der Waals surface area (Å²) in [5.41, 5.74) is 9.84. The summed E-state index contributed by atoms with van der Waals surface area (Å²) in [6.07, 6.45) is 10.0. The normalized spacial score (nSPS) is 23.8. The number of pyridine rings is 1. The Bertz CT molecular complexity index is 1630. The highest BCUT2D eigenvalue weighted by molar-refractivity contribution is 7.91. The van der Waals surface area contributed by atoms with Gasteiger partial charge >= 0.3 is 0 Å². The Balaban J connectivity index is 1.32. The molecule has 0 amide bonds. The lowest BCUT2D eigenvalue weighted by atomic mass is 9.75. The lowest BCUT2D eigenvalue weighted by Crippen LogP contribution is -2.48. The van der Waals surface area contributed by atoms with Crippen LogP contribution in [-0.2, 0) is 16.3 Å². The molecule has 6 rings (SSSR count). The molecule has 0 spiro atoms. The van der Waals surface area contributed by atoms with E-state index < -0.39 is 32.8 Å². The Kier molecular flexibility index (Phi) is 6.50. The SMILES string of the molecule is C[C@H]1C[C@@H](c2ccncc2Cc2ncc3ccc(-c4c(F)cc(C5CC5)cc4F)nn23)C[C@@H](N)[C@H]1S(C)(=O)=O. The highest BCUT2D eigenvalue weighted by Gasteiger charge is 2.40. The van der Waals surface area contributed by atoms with Crippen molar-refractivity contribution in [2.24, 2.45) is 11.7 Å². The van der Waals surface area contributed by atoms with Crippen molar-refractivity contribution in [1.29, 1.82) is 0 Å². The van der Waals surface area contributed by atoms with Crippen LogP contribution in [0.3, 0.4) is 0 Å². The molecule has 0 unspecified atom stereocenters. The first kappa shape index (κ1) is 26.0. The molecule has 4 atom stereocenters. The van der Waals surface area contributed by atoms with Crippen LogP contribution in [0.15, 0.2) is 48.9 Å². The third-order valence-electron chi connectivity index (χ3n) is 8.24. The lowest BCUT2D eigenvalue weighted by molar-refractivity contribution is 0.308. The van der Waals surface area contributed by atoms with Gasteiger partial charge in [0.2, 0.25) is 0 Å². The average Bonchev–Trinajstić information content (AvgIpc) is 3.65. The predicted octanol–water partition coefficient (Wildman–Crippen LogP) is 4.79. The van der Waals surface area contributed by atoms with Crippen LogP contribution < -0.4 is 5.73 Å². The molecule has 4 aromatic rings. The van der Waals surface area contributed by atoms with Crippen molar-refractivity contribution in [2.45, 2.75) is 62.2 Å². The number of aromatic nitrogens is 4. The molecule has 0 saturated heterocycles. The number of nitrogens with two attached hydrogens (primary N) is 1. The summed E-state index contributed by atoms with van der Waals surface area (Å²) in [6, 6.07) is 7.70.